The summed E-state index contributed by atoms with van der Waals surface area (Å²) in [5, 5.41) is 3.44. The fraction of sp³-hybridized carbons (Fsp3) is 0.100. The molecule has 2 aromatic heterocycles. The van der Waals surface area contributed by atoms with E-state index >= 15 is 0 Å². The SMILES string of the molecule is Nc1cc(Cl)nc(NCc2ccncn2)c1. The second-order valence-corrected chi connectivity index (χ2v) is 3.55. The number of nitrogens with zero attached hydrogens (tertiary/aromatic N) is 3. The fourth-order valence-corrected chi connectivity index (χ4v) is 1.43. The van der Waals surface area contributed by atoms with Gasteiger partial charge in [-0.05, 0) is 12.1 Å². The summed E-state index contributed by atoms with van der Waals surface area (Å²) in [5.74, 6) is 0.628. The lowest BCUT2D eigenvalue weighted by atomic mass is 10.3. The molecule has 0 bridgehead atoms. The molecule has 0 unspecified atom stereocenters. The lowest BCUT2D eigenvalue weighted by molar-refractivity contribution is 0.997. The zero-order valence-corrected chi connectivity index (χ0v) is 9.15. The highest BCUT2D eigenvalue weighted by Crippen LogP contribution is 2.16. The first-order valence-electron chi connectivity index (χ1n) is 4.66. The molecule has 2 aromatic rings. The molecule has 0 saturated carbocycles. The maximum atomic E-state index is 5.78. The molecule has 2 heterocycles. The van der Waals surface area contributed by atoms with Gasteiger partial charge in [0.15, 0.2) is 0 Å². The summed E-state index contributed by atoms with van der Waals surface area (Å²) >= 11 is 5.78. The van der Waals surface area contributed by atoms with E-state index < -0.39 is 0 Å². The Bertz CT molecular complexity index is 454. The topological polar surface area (TPSA) is 76.7 Å². The van der Waals surface area contributed by atoms with Crippen LogP contribution >= 0.6 is 11.6 Å². The molecular weight excluding hydrogens is 226 g/mol. The normalized spacial score (nSPS) is 10.1. The van der Waals surface area contributed by atoms with E-state index in [-0.39, 0.29) is 0 Å². The van der Waals surface area contributed by atoms with Crippen LogP contribution in [0.15, 0.2) is 30.7 Å². The third-order valence-electron chi connectivity index (χ3n) is 1.91. The number of nitrogens with two attached hydrogens (primary N) is 1. The van der Waals surface area contributed by atoms with Crippen molar-refractivity contribution in [3.63, 3.8) is 0 Å². The van der Waals surface area contributed by atoms with Crippen molar-refractivity contribution in [3.05, 3.63) is 41.6 Å². The van der Waals surface area contributed by atoms with E-state index in [0.29, 0.717) is 23.2 Å². The summed E-state index contributed by atoms with van der Waals surface area (Å²) in [6, 6.07) is 5.13. The van der Waals surface area contributed by atoms with E-state index in [2.05, 4.69) is 20.3 Å². The predicted octanol–water partition coefficient (Wildman–Crippen LogP) is 1.72. The van der Waals surface area contributed by atoms with Gasteiger partial charge >= 0.3 is 0 Å². The highest BCUT2D eigenvalue weighted by atomic mass is 35.5. The molecule has 0 aromatic carbocycles. The van der Waals surface area contributed by atoms with Crippen molar-refractivity contribution >= 4 is 23.1 Å². The molecule has 3 N–H and O–H groups in total. The minimum Gasteiger partial charge on any atom is -0.399 e. The Balaban J connectivity index is 2.05. The van der Waals surface area contributed by atoms with Crippen LogP contribution in [0.25, 0.3) is 0 Å². The molecule has 5 nitrogen and oxygen atoms in total. The van der Waals surface area contributed by atoms with Gasteiger partial charge in [-0.1, -0.05) is 11.6 Å². The Morgan fingerprint density at radius 2 is 2.25 bits per heavy atom. The molecule has 0 spiro atoms. The zero-order valence-electron chi connectivity index (χ0n) is 8.39. The molecule has 0 aliphatic carbocycles. The fourth-order valence-electron chi connectivity index (χ4n) is 1.21. The maximum absolute atomic E-state index is 5.78. The van der Waals surface area contributed by atoms with Gasteiger partial charge in [0, 0.05) is 18.0 Å². The van der Waals surface area contributed by atoms with E-state index in [9.17, 15) is 0 Å². The van der Waals surface area contributed by atoms with Gasteiger partial charge in [-0.2, -0.15) is 0 Å². The Morgan fingerprint density at radius 3 is 2.94 bits per heavy atom. The molecule has 6 heteroatoms. The Morgan fingerprint density at radius 1 is 1.38 bits per heavy atom. The maximum Gasteiger partial charge on any atom is 0.133 e. The first-order valence-corrected chi connectivity index (χ1v) is 5.03. The molecule has 2 rings (SSSR count). The molecule has 0 amide bonds. The summed E-state index contributed by atoms with van der Waals surface area (Å²) in [6.07, 6.45) is 3.18. The molecule has 0 atom stereocenters. The number of nitrogens with one attached hydrogen (secondary N) is 1. The van der Waals surface area contributed by atoms with Gasteiger partial charge in [-0.15, -0.1) is 0 Å². The number of nitrogen functional groups attached to an aromatic ring is 1. The average Bonchev–Trinajstić information content (AvgIpc) is 2.27. The van der Waals surface area contributed by atoms with E-state index in [1.165, 1.54) is 6.33 Å². The molecule has 0 aliphatic rings. The summed E-state index contributed by atoms with van der Waals surface area (Å²) in [4.78, 5) is 12.0. The standard InChI is InChI=1S/C10H10ClN5/c11-9-3-7(12)4-10(16-9)14-5-8-1-2-13-6-15-8/h1-4,6H,5H2,(H3,12,14,16). The minimum absolute atomic E-state index is 0.366. The van der Waals surface area contributed by atoms with Crippen molar-refractivity contribution in [2.75, 3.05) is 11.1 Å². The van der Waals surface area contributed by atoms with Gasteiger partial charge in [0.1, 0.15) is 17.3 Å². The summed E-state index contributed by atoms with van der Waals surface area (Å²) < 4.78 is 0. The van der Waals surface area contributed by atoms with Crippen molar-refractivity contribution in [2.45, 2.75) is 6.54 Å². The zero-order chi connectivity index (χ0) is 11.4. The molecule has 0 aliphatic heterocycles. The van der Waals surface area contributed by atoms with Crippen LogP contribution in [0.3, 0.4) is 0 Å². The van der Waals surface area contributed by atoms with Crippen LogP contribution in [0.4, 0.5) is 11.5 Å². The third-order valence-corrected chi connectivity index (χ3v) is 2.10. The summed E-state index contributed by atoms with van der Waals surface area (Å²) in [5.41, 5.74) is 7.08. The number of hydrogen-bond donors (Lipinski definition) is 2. The summed E-state index contributed by atoms with van der Waals surface area (Å²) in [6.45, 7) is 0.551. The van der Waals surface area contributed by atoms with Crippen LogP contribution in [0.2, 0.25) is 5.15 Å². The quantitative estimate of drug-likeness (QED) is 0.793. The smallest absolute Gasteiger partial charge is 0.133 e. The van der Waals surface area contributed by atoms with Crippen LogP contribution in [-0.2, 0) is 6.54 Å². The monoisotopic (exact) mass is 235 g/mol. The van der Waals surface area contributed by atoms with Gasteiger partial charge in [-0.25, -0.2) is 15.0 Å². The number of aromatic nitrogens is 3. The predicted molar refractivity (Wildman–Crippen MR) is 63.0 cm³/mol. The van der Waals surface area contributed by atoms with E-state index in [1.54, 1.807) is 18.3 Å². The molecule has 0 saturated heterocycles. The second kappa shape index (κ2) is 4.76. The number of rotatable bonds is 3. The number of halogens is 1. The van der Waals surface area contributed by atoms with Crippen molar-refractivity contribution in [1.29, 1.82) is 0 Å². The van der Waals surface area contributed by atoms with E-state index in [0.717, 1.165) is 5.69 Å². The van der Waals surface area contributed by atoms with Gasteiger partial charge in [-0.3, -0.25) is 0 Å². The highest BCUT2D eigenvalue weighted by molar-refractivity contribution is 6.29. The number of hydrogen-bond acceptors (Lipinski definition) is 5. The molecule has 16 heavy (non-hydrogen) atoms. The van der Waals surface area contributed by atoms with Crippen LogP contribution < -0.4 is 11.1 Å². The first kappa shape index (κ1) is 10.6. The van der Waals surface area contributed by atoms with Crippen molar-refractivity contribution in [2.24, 2.45) is 0 Å². The van der Waals surface area contributed by atoms with E-state index in [4.69, 9.17) is 17.3 Å². The minimum atomic E-state index is 0.366. The molecule has 0 fully saturated rings. The molecular formula is C10H10ClN5. The van der Waals surface area contributed by atoms with Gasteiger partial charge < -0.3 is 11.1 Å². The third kappa shape index (κ3) is 2.80. The van der Waals surface area contributed by atoms with Crippen LogP contribution in [0.5, 0.6) is 0 Å². The Kier molecular flexibility index (Phi) is 3.16. The first-order chi connectivity index (χ1) is 7.74. The van der Waals surface area contributed by atoms with Gasteiger partial charge in [0.05, 0.1) is 12.2 Å². The lowest BCUT2D eigenvalue weighted by Gasteiger charge is -2.05. The van der Waals surface area contributed by atoms with Crippen LogP contribution in [0.1, 0.15) is 5.69 Å². The highest BCUT2D eigenvalue weighted by Gasteiger charge is 1.99. The second-order valence-electron chi connectivity index (χ2n) is 3.16. The van der Waals surface area contributed by atoms with Gasteiger partial charge in [0.25, 0.3) is 0 Å². The van der Waals surface area contributed by atoms with E-state index in [1.807, 2.05) is 6.07 Å². The summed E-state index contributed by atoms with van der Waals surface area (Å²) in [7, 11) is 0. The van der Waals surface area contributed by atoms with Crippen LogP contribution in [-0.4, -0.2) is 15.0 Å². The van der Waals surface area contributed by atoms with Crippen molar-refractivity contribution in [1.82, 2.24) is 15.0 Å². The van der Waals surface area contributed by atoms with Crippen LogP contribution in [0, 0.1) is 0 Å². The largest absolute Gasteiger partial charge is 0.399 e. The molecule has 82 valence electrons. The average molecular weight is 236 g/mol. The number of anilines is 2. The van der Waals surface area contributed by atoms with Crippen molar-refractivity contribution < 1.29 is 0 Å². The number of pyridine rings is 1. The van der Waals surface area contributed by atoms with Crippen molar-refractivity contribution in [3.8, 4) is 0 Å². The Hall–Kier alpha value is -1.88. The molecule has 0 radical (unpaired) electrons. The Labute approximate surface area is 97.7 Å². The lowest BCUT2D eigenvalue weighted by Crippen LogP contribution is -2.03. The van der Waals surface area contributed by atoms with Gasteiger partial charge in [0.2, 0.25) is 0 Å².